The summed E-state index contributed by atoms with van der Waals surface area (Å²) in [6, 6.07) is 15.8. The monoisotopic (exact) mass is 392 g/mol. The Morgan fingerprint density at radius 2 is 1.93 bits per heavy atom. The summed E-state index contributed by atoms with van der Waals surface area (Å²) < 4.78 is 1.07. The average Bonchev–Trinajstić information content (AvgIpc) is 3.17. The maximum Gasteiger partial charge on any atom is 0.320 e. The summed E-state index contributed by atoms with van der Waals surface area (Å²) in [6.07, 6.45) is 0.867. The second-order valence-corrected chi connectivity index (χ2v) is 7.12. The predicted molar refractivity (Wildman–Crippen MR) is 112 cm³/mol. The first-order valence-electron chi connectivity index (χ1n) is 9.05. The van der Waals surface area contributed by atoms with Crippen LogP contribution in [0.15, 0.2) is 54.0 Å². The Morgan fingerprint density at radius 3 is 2.75 bits per heavy atom. The van der Waals surface area contributed by atoms with Crippen molar-refractivity contribution < 1.29 is 5.11 Å². The number of aromatic hydroxyl groups is 1. The van der Waals surface area contributed by atoms with Crippen LogP contribution in [0.4, 0.5) is 17.6 Å². The van der Waals surface area contributed by atoms with E-state index in [1.165, 1.54) is 5.56 Å². The number of thiazole rings is 1. The maximum atomic E-state index is 10.0. The van der Waals surface area contributed by atoms with Crippen molar-refractivity contribution in [2.75, 3.05) is 23.3 Å². The second kappa shape index (κ2) is 8.18. The molecule has 0 fully saturated rings. The number of hydrogen-bond acceptors (Lipinski definition) is 8. The van der Waals surface area contributed by atoms with E-state index < -0.39 is 0 Å². The molecule has 0 spiro atoms. The van der Waals surface area contributed by atoms with Gasteiger partial charge in [-0.2, -0.15) is 15.0 Å². The second-order valence-electron chi connectivity index (χ2n) is 6.23. The molecule has 4 aromatic rings. The summed E-state index contributed by atoms with van der Waals surface area (Å²) in [5.41, 5.74) is 4.84. The molecule has 28 heavy (non-hydrogen) atoms. The van der Waals surface area contributed by atoms with E-state index in [1.54, 1.807) is 11.3 Å². The minimum atomic E-state index is -0.301. The van der Waals surface area contributed by atoms with Crippen molar-refractivity contribution in [1.29, 1.82) is 0 Å². The van der Waals surface area contributed by atoms with Crippen molar-refractivity contribution in [3.05, 3.63) is 59.6 Å². The fourth-order valence-corrected chi connectivity index (χ4v) is 3.64. The Labute approximate surface area is 166 Å². The van der Waals surface area contributed by atoms with E-state index in [-0.39, 0.29) is 6.01 Å². The molecule has 2 aromatic carbocycles. The number of benzene rings is 2. The van der Waals surface area contributed by atoms with E-state index in [0.29, 0.717) is 11.9 Å². The molecule has 0 amide bonds. The van der Waals surface area contributed by atoms with Crippen LogP contribution in [0.3, 0.4) is 0 Å². The molecule has 2 N–H and O–H groups in total. The average molecular weight is 392 g/mol. The van der Waals surface area contributed by atoms with Gasteiger partial charge >= 0.3 is 6.01 Å². The number of aromatic nitrogens is 4. The van der Waals surface area contributed by atoms with E-state index in [9.17, 15) is 5.11 Å². The minimum Gasteiger partial charge on any atom is -0.479 e. The number of nitrogens with one attached hydrogen (secondary N) is 1. The molecule has 2 aromatic heterocycles. The minimum absolute atomic E-state index is 0.301. The predicted octanol–water partition coefficient (Wildman–Crippen LogP) is 4.00. The SMILES string of the molecule is CCN(CCc1ccccc1)c1nc(O)nc(Nc2ccc3ncsc3c2)n1. The van der Waals surface area contributed by atoms with Gasteiger partial charge in [0, 0.05) is 18.8 Å². The molecule has 4 rings (SSSR count). The van der Waals surface area contributed by atoms with Gasteiger partial charge in [-0.1, -0.05) is 30.3 Å². The first-order chi connectivity index (χ1) is 13.7. The molecular formula is C20H20N6OS. The van der Waals surface area contributed by atoms with Crippen LogP contribution >= 0.6 is 11.3 Å². The molecule has 0 saturated carbocycles. The lowest BCUT2D eigenvalue weighted by molar-refractivity contribution is 0.428. The topological polar surface area (TPSA) is 87.1 Å². The number of hydrogen-bond donors (Lipinski definition) is 2. The Bertz CT molecular complexity index is 1070. The van der Waals surface area contributed by atoms with Gasteiger partial charge in [0.25, 0.3) is 0 Å². The molecule has 2 heterocycles. The molecule has 142 valence electrons. The quantitative estimate of drug-likeness (QED) is 0.491. The normalized spacial score (nSPS) is 10.9. The van der Waals surface area contributed by atoms with Crippen LogP contribution in [-0.4, -0.2) is 38.1 Å². The van der Waals surface area contributed by atoms with Crippen LogP contribution < -0.4 is 10.2 Å². The highest BCUT2D eigenvalue weighted by Crippen LogP contribution is 2.24. The van der Waals surface area contributed by atoms with Crippen molar-refractivity contribution in [3.8, 4) is 6.01 Å². The van der Waals surface area contributed by atoms with Gasteiger partial charge in [-0.25, -0.2) is 4.98 Å². The summed E-state index contributed by atoms with van der Waals surface area (Å²) in [5.74, 6) is 0.761. The summed E-state index contributed by atoms with van der Waals surface area (Å²) in [7, 11) is 0. The Kier molecular flexibility index (Phi) is 5.29. The van der Waals surface area contributed by atoms with Crippen molar-refractivity contribution in [2.45, 2.75) is 13.3 Å². The van der Waals surface area contributed by atoms with E-state index in [4.69, 9.17) is 0 Å². The number of anilines is 3. The molecule has 0 atom stereocenters. The Hall–Kier alpha value is -3.26. The van der Waals surface area contributed by atoms with Gasteiger partial charge in [-0.3, -0.25) is 0 Å². The number of likely N-dealkylation sites (N-methyl/N-ethyl adjacent to an activating group) is 1. The van der Waals surface area contributed by atoms with Gasteiger partial charge in [0.1, 0.15) is 0 Å². The summed E-state index contributed by atoms with van der Waals surface area (Å²) in [4.78, 5) is 18.9. The highest BCUT2D eigenvalue weighted by Gasteiger charge is 2.13. The smallest absolute Gasteiger partial charge is 0.320 e. The number of rotatable bonds is 7. The van der Waals surface area contributed by atoms with Gasteiger partial charge in [0.15, 0.2) is 0 Å². The lowest BCUT2D eigenvalue weighted by Gasteiger charge is -2.21. The van der Waals surface area contributed by atoms with Gasteiger partial charge < -0.3 is 15.3 Å². The first kappa shape index (κ1) is 18.1. The standard InChI is InChI=1S/C20H20N6OS/c1-2-26(11-10-14-6-4-3-5-7-14)19-23-18(24-20(27)25-19)22-15-8-9-16-17(12-15)28-13-21-16/h3-9,12-13H,2,10-11H2,1H3,(H2,22,23,24,25,27). The lowest BCUT2D eigenvalue weighted by Crippen LogP contribution is -2.27. The fraction of sp³-hybridized carbons (Fsp3) is 0.200. The van der Waals surface area contributed by atoms with E-state index in [1.807, 2.05) is 53.7 Å². The Morgan fingerprint density at radius 1 is 1.07 bits per heavy atom. The van der Waals surface area contributed by atoms with Crippen molar-refractivity contribution >= 4 is 39.1 Å². The van der Waals surface area contributed by atoms with Crippen molar-refractivity contribution in [2.24, 2.45) is 0 Å². The van der Waals surface area contributed by atoms with Gasteiger partial charge in [-0.05, 0) is 37.1 Å². The number of nitrogens with zero attached hydrogens (tertiary/aromatic N) is 5. The number of fused-ring (bicyclic) bond motifs is 1. The zero-order valence-electron chi connectivity index (χ0n) is 15.4. The molecule has 0 bridgehead atoms. The third-order valence-electron chi connectivity index (χ3n) is 4.38. The molecule has 7 nitrogen and oxygen atoms in total. The molecule has 8 heteroatoms. The fourth-order valence-electron chi connectivity index (χ4n) is 2.92. The van der Waals surface area contributed by atoms with Crippen molar-refractivity contribution in [1.82, 2.24) is 19.9 Å². The molecule has 0 aliphatic carbocycles. The maximum absolute atomic E-state index is 10.0. The highest BCUT2D eigenvalue weighted by molar-refractivity contribution is 7.16. The molecule has 0 radical (unpaired) electrons. The molecule has 0 aliphatic rings. The molecule has 0 unspecified atom stereocenters. The van der Waals surface area contributed by atoms with Gasteiger partial charge in [0.2, 0.25) is 11.9 Å². The molecule has 0 saturated heterocycles. The molecular weight excluding hydrogens is 372 g/mol. The first-order valence-corrected chi connectivity index (χ1v) is 9.93. The van der Waals surface area contributed by atoms with Crippen LogP contribution in [-0.2, 0) is 6.42 Å². The summed E-state index contributed by atoms with van der Waals surface area (Å²) >= 11 is 1.57. The third kappa shape index (κ3) is 4.17. The summed E-state index contributed by atoms with van der Waals surface area (Å²) in [6.45, 7) is 3.51. The van der Waals surface area contributed by atoms with E-state index >= 15 is 0 Å². The molecule has 0 aliphatic heterocycles. The van der Waals surface area contributed by atoms with E-state index in [2.05, 4.69) is 37.4 Å². The van der Waals surface area contributed by atoms with Gasteiger partial charge in [0.05, 0.1) is 15.7 Å². The van der Waals surface area contributed by atoms with Crippen LogP contribution in [0.2, 0.25) is 0 Å². The third-order valence-corrected chi connectivity index (χ3v) is 5.17. The lowest BCUT2D eigenvalue weighted by atomic mass is 10.1. The zero-order chi connectivity index (χ0) is 19.3. The highest BCUT2D eigenvalue weighted by atomic mass is 32.1. The largest absolute Gasteiger partial charge is 0.479 e. The Balaban J connectivity index is 1.53. The van der Waals surface area contributed by atoms with Gasteiger partial charge in [-0.15, -0.1) is 11.3 Å². The van der Waals surface area contributed by atoms with Crippen molar-refractivity contribution in [3.63, 3.8) is 0 Å². The van der Waals surface area contributed by atoms with Crippen LogP contribution in [0, 0.1) is 0 Å². The van der Waals surface area contributed by atoms with Crippen LogP contribution in [0.1, 0.15) is 12.5 Å². The zero-order valence-corrected chi connectivity index (χ0v) is 16.2. The van der Waals surface area contributed by atoms with E-state index in [0.717, 1.165) is 35.4 Å². The summed E-state index contributed by atoms with van der Waals surface area (Å²) in [5, 5.41) is 13.2. The van der Waals surface area contributed by atoms with Crippen LogP contribution in [0.25, 0.3) is 10.2 Å². The van der Waals surface area contributed by atoms with Crippen LogP contribution in [0.5, 0.6) is 6.01 Å².